The Bertz CT molecular complexity index is 183. The average Bonchev–Trinajstić information content (AvgIpc) is 2.31. The van der Waals surface area contributed by atoms with E-state index < -0.39 is 10.8 Å². The largest absolute Gasteiger partial charge is 0.549 e. The fraction of sp³-hybridized carbons (Fsp3) is 0.929. The molecule has 3 heteroatoms. The van der Waals surface area contributed by atoms with Crippen LogP contribution in [0.4, 0.5) is 0 Å². The summed E-state index contributed by atoms with van der Waals surface area (Å²) in [6.07, 6.45) is 13.5. The lowest BCUT2D eigenvalue weighted by Crippen LogP contribution is -2.31. The fourth-order valence-electron chi connectivity index (χ4n) is 1.93. The first-order chi connectivity index (χ1) is 8.18. The number of carboxylic acid groups (broad SMARTS) is 1. The summed E-state index contributed by atoms with van der Waals surface area (Å²) in [4.78, 5) is 9.97. The molecule has 0 aromatic rings. The van der Waals surface area contributed by atoms with Gasteiger partial charge in [0.05, 0.1) is 10.8 Å². The molecule has 2 nitrogen and oxygen atoms in total. The lowest BCUT2D eigenvalue weighted by Gasteiger charge is -2.09. The summed E-state index contributed by atoms with van der Waals surface area (Å²) < 4.78 is 0. The predicted molar refractivity (Wildman–Crippen MR) is 74.2 cm³/mol. The van der Waals surface area contributed by atoms with Gasteiger partial charge in [0, 0.05) is 0 Å². The number of unbranched alkanes of at least 4 members (excludes halogenated alkanes) is 9. The molecule has 0 aromatic heterocycles. The molecule has 1 unspecified atom stereocenters. The molecule has 0 amide bonds. The summed E-state index contributed by atoms with van der Waals surface area (Å²) in [5, 5.41) is 10.4. The second-order valence-electron chi connectivity index (χ2n) is 4.76. The van der Waals surface area contributed by atoms with Crippen molar-refractivity contribution in [1.82, 2.24) is 0 Å². The van der Waals surface area contributed by atoms with E-state index in [1.54, 1.807) is 0 Å². The molecule has 0 aliphatic rings. The summed E-state index contributed by atoms with van der Waals surface area (Å²) in [6.45, 7) is 2.24. The highest BCUT2D eigenvalue weighted by Gasteiger charge is 2.03. The Kier molecular flexibility index (Phi) is 12.4. The van der Waals surface area contributed by atoms with Gasteiger partial charge < -0.3 is 9.90 Å². The average molecular weight is 306 g/mol. The van der Waals surface area contributed by atoms with Crippen LogP contribution in [0.5, 0.6) is 0 Å². The molecule has 0 bridgehead atoms. The molecular formula is C14H26BrO2-. The molecule has 1 atom stereocenters. The predicted octanol–water partition coefficient (Wildman–Crippen LogP) is 3.81. The minimum absolute atomic E-state index is 0.462. The summed E-state index contributed by atoms with van der Waals surface area (Å²) in [5.41, 5.74) is 0. The molecule has 0 radical (unpaired) electrons. The molecule has 0 N–H and O–H groups in total. The standard InChI is InChI=1S/C14H27BrO2/c1-2-3-4-5-6-7-8-9-10-11-12-13(15)14(16)17/h13H,2-12H2,1H3,(H,16,17)/p-1. The maximum Gasteiger partial charge on any atom is 0.0551 e. The molecule has 0 aromatic carbocycles. The van der Waals surface area contributed by atoms with E-state index in [0.29, 0.717) is 6.42 Å². The first-order valence-corrected chi connectivity index (χ1v) is 7.95. The summed E-state index contributed by atoms with van der Waals surface area (Å²) >= 11 is 3.10. The second kappa shape index (κ2) is 12.4. The van der Waals surface area contributed by atoms with Crippen LogP contribution in [-0.4, -0.2) is 10.8 Å². The first kappa shape index (κ1) is 16.9. The number of hydrogen-bond donors (Lipinski definition) is 0. The van der Waals surface area contributed by atoms with Crippen LogP contribution in [0.3, 0.4) is 0 Å². The minimum Gasteiger partial charge on any atom is -0.549 e. The molecule has 0 spiro atoms. The van der Waals surface area contributed by atoms with Crippen LogP contribution in [0.15, 0.2) is 0 Å². The summed E-state index contributed by atoms with van der Waals surface area (Å²) in [7, 11) is 0. The monoisotopic (exact) mass is 305 g/mol. The van der Waals surface area contributed by atoms with E-state index in [2.05, 4.69) is 22.9 Å². The van der Waals surface area contributed by atoms with E-state index in [4.69, 9.17) is 0 Å². The highest BCUT2D eigenvalue weighted by Crippen LogP contribution is 2.14. The van der Waals surface area contributed by atoms with E-state index in [1.165, 1.54) is 51.4 Å². The quantitative estimate of drug-likeness (QED) is 0.406. The number of carboxylic acids is 1. The number of alkyl halides is 1. The third kappa shape index (κ3) is 12.2. The van der Waals surface area contributed by atoms with Gasteiger partial charge in [-0.25, -0.2) is 0 Å². The van der Waals surface area contributed by atoms with E-state index in [0.717, 1.165) is 12.8 Å². The van der Waals surface area contributed by atoms with Gasteiger partial charge in [-0.3, -0.25) is 0 Å². The Labute approximate surface area is 114 Å². The molecule has 0 aliphatic carbocycles. The van der Waals surface area contributed by atoms with Crippen molar-refractivity contribution in [3.63, 3.8) is 0 Å². The van der Waals surface area contributed by atoms with Crippen LogP contribution >= 0.6 is 15.9 Å². The Morgan fingerprint density at radius 1 is 0.941 bits per heavy atom. The van der Waals surface area contributed by atoms with Crippen LogP contribution < -0.4 is 5.11 Å². The molecule has 17 heavy (non-hydrogen) atoms. The molecule has 0 heterocycles. The fourth-order valence-corrected chi connectivity index (χ4v) is 2.25. The van der Waals surface area contributed by atoms with Crippen molar-refractivity contribution < 1.29 is 9.90 Å². The van der Waals surface area contributed by atoms with Gasteiger partial charge in [-0.1, -0.05) is 87.1 Å². The van der Waals surface area contributed by atoms with Crippen LogP contribution in [0.1, 0.15) is 77.6 Å². The van der Waals surface area contributed by atoms with Gasteiger partial charge in [0.15, 0.2) is 0 Å². The second-order valence-corrected chi connectivity index (χ2v) is 5.86. The molecule has 0 rings (SSSR count). The van der Waals surface area contributed by atoms with E-state index in [-0.39, 0.29) is 0 Å². The number of aliphatic carboxylic acids is 1. The number of hydrogen-bond acceptors (Lipinski definition) is 2. The summed E-state index contributed by atoms with van der Waals surface area (Å²) in [5.74, 6) is -0.985. The Balaban J connectivity index is 3.06. The number of halogens is 1. The van der Waals surface area contributed by atoms with Crippen molar-refractivity contribution in [2.24, 2.45) is 0 Å². The highest BCUT2D eigenvalue weighted by molar-refractivity contribution is 9.10. The number of rotatable bonds is 12. The van der Waals surface area contributed by atoms with Crippen LogP contribution in [0.2, 0.25) is 0 Å². The van der Waals surface area contributed by atoms with Crippen LogP contribution in [0, 0.1) is 0 Å². The molecule has 0 saturated heterocycles. The van der Waals surface area contributed by atoms with Gasteiger partial charge >= 0.3 is 0 Å². The maximum atomic E-state index is 10.4. The zero-order valence-corrected chi connectivity index (χ0v) is 12.6. The van der Waals surface area contributed by atoms with Crippen molar-refractivity contribution in [2.75, 3.05) is 0 Å². The number of carbonyl (C=O) groups excluding carboxylic acids is 1. The van der Waals surface area contributed by atoms with Crippen molar-refractivity contribution in [2.45, 2.75) is 82.4 Å². The lowest BCUT2D eigenvalue weighted by molar-refractivity contribution is -0.304. The van der Waals surface area contributed by atoms with E-state index in [1.807, 2.05) is 0 Å². The van der Waals surface area contributed by atoms with Crippen LogP contribution in [-0.2, 0) is 4.79 Å². The smallest absolute Gasteiger partial charge is 0.0551 e. The molecule has 0 fully saturated rings. The van der Waals surface area contributed by atoms with Gasteiger partial charge in [0.1, 0.15) is 0 Å². The summed E-state index contributed by atoms with van der Waals surface area (Å²) in [6, 6.07) is 0. The topological polar surface area (TPSA) is 40.1 Å². The third-order valence-corrected chi connectivity index (χ3v) is 3.90. The van der Waals surface area contributed by atoms with Gasteiger partial charge in [0.25, 0.3) is 0 Å². The SMILES string of the molecule is CCCCCCCCCCCCC(Br)C(=O)[O-]. The maximum absolute atomic E-state index is 10.4. The molecule has 0 saturated carbocycles. The van der Waals surface area contributed by atoms with E-state index >= 15 is 0 Å². The van der Waals surface area contributed by atoms with Gasteiger partial charge in [-0.15, -0.1) is 0 Å². The highest BCUT2D eigenvalue weighted by atomic mass is 79.9. The number of carbonyl (C=O) groups is 1. The lowest BCUT2D eigenvalue weighted by atomic mass is 10.1. The van der Waals surface area contributed by atoms with E-state index in [9.17, 15) is 9.90 Å². The zero-order chi connectivity index (χ0) is 12.9. The molecular weight excluding hydrogens is 280 g/mol. The van der Waals surface area contributed by atoms with Gasteiger partial charge in [-0.2, -0.15) is 0 Å². The normalized spacial score (nSPS) is 12.6. The Morgan fingerprint density at radius 2 is 1.35 bits per heavy atom. The third-order valence-electron chi connectivity index (χ3n) is 3.07. The first-order valence-electron chi connectivity index (χ1n) is 7.03. The Hall–Kier alpha value is -0.0500. The minimum atomic E-state index is -0.985. The van der Waals surface area contributed by atoms with Crippen molar-refractivity contribution in [1.29, 1.82) is 0 Å². The van der Waals surface area contributed by atoms with Crippen molar-refractivity contribution in [3.8, 4) is 0 Å². The zero-order valence-electron chi connectivity index (χ0n) is 11.0. The van der Waals surface area contributed by atoms with Crippen molar-refractivity contribution in [3.05, 3.63) is 0 Å². The van der Waals surface area contributed by atoms with Crippen LogP contribution in [0.25, 0.3) is 0 Å². The van der Waals surface area contributed by atoms with Crippen molar-refractivity contribution >= 4 is 21.9 Å². The molecule has 102 valence electrons. The van der Waals surface area contributed by atoms with Gasteiger partial charge in [0.2, 0.25) is 0 Å². The Morgan fingerprint density at radius 3 is 1.76 bits per heavy atom. The van der Waals surface area contributed by atoms with Gasteiger partial charge in [-0.05, 0) is 6.42 Å². The molecule has 0 aliphatic heterocycles.